The van der Waals surface area contributed by atoms with Gasteiger partial charge in [-0.3, -0.25) is 4.79 Å². The quantitative estimate of drug-likeness (QED) is 0.284. The predicted molar refractivity (Wildman–Crippen MR) is 99.3 cm³/mol. The van der Waals surface area contributed by atoms with Crippen LogP contribution in [0.3, 0.4) is 0 Å². The number of hydrogen-bond donors (Lipinski definition) is 1. The van der Waals surface area contributed by atoms with E-state index in [4.69, 9.17) is 10.5 Å². The zero-order valence-corrected chi connectivity index (χ0v) is 15.6. The Hall–Kier alpha value is -0.870. The van der Waals surface area contributed by atoms with Crippen LogP contribution in [0.2, 0.25) is 0 Å². The summed E-state index contributed by atoms with van der Waals surface area (Å²) in [7, 11) is 0. The third kappa shape index (κ3) is 17.5. The Labute approximate surface area is 148 Å². The van der Waals surface area contributed by atoms with Crippen LogP contribution in [0.4, 0.5) is 0 Å². The third-order valence-electron chi connectivity index (χ3n) is 4.18. The largest absolute Gasteiger partial charge is 0.375 e. The van der Waals surface area contributed by atoms with Crippen molar-refractivity contribution in [2.75, 3.05) is 13.2 Å². The molecule has 0 aliphatic rings. The number of rotatable bonds is 18. The number of amides is 1. The first-order chi connectivity index (χ1) is 11.7. The molecule has 24 heavy (non-hydrogen) atoms. The van der Waals surface area contributed by atoms with Gasteiger partial charge in [-0.15, -0.1) is 0 Å². The van der Waals surface area contributed by atoms with Crippen LogP contribution in [0.25, 0.3) is 0 Å². The molecule has 0 saturated heterocycles. The van der Waals surface area contributed by atoms with Crippen molar-refractivity contribution in [1.82, 2.24) is 0 Å². The van der Waals surface area contributed by atoms with Gasteiger partial charge >= 0.3 is 0 Å². The van der Waals surface area contributed by atoms with Crippen molar-refractivity contribution in [2.24, 2.45) is 5.73 Å². The molecular formula is C20H38NO3. The Morgan fingerprint density at radius 3 is 2.42 bits per heavy atom. The molecule has 0 aliphatic heterocycles. The fourth-order valence-electron chi connectivity index (χ4n) is 2.74. The molecule has 0 fully saturated rings. The zero-order valence-electron chi connectivity index (χ0n) is 15.6. The lowest BCUT2D eigenvalue weighted by molar-refractivity contribution is -0.118. The number of carbonyl (C=O) groups excluding carboxylic acids is 1. The number of ether oxygens (including phenoxy) is 1. The minimum absolute atomic E-state index is 0.148. The highest BCUT2D eigenvalue weighted by Crippen LogP contribution is 2.13. The minimum Gasteiger partial charge on any atom is -0.375 e. The van der Waals surface area contributed by atoms with Gasteiger partial charge in [0.05, 0.1) is 12.7 Å². The summed E-state index contributed by atoms with van der Waals surface area (Å²) < 4.78 is 5.66. The van der Waals surface area contributed by atoms with Crippen molar-refractivity contribution >= 4 is 5.91 Å². The molecule has 2 N–H and O–H groups in total. The number of allylic oxidation sites excluding steroid dienone is 1. The summed E-state index contributed by atoms with van der Waals surface area (Å²) in [6, 6.07) is 0. The molecule has 0 aromatic rings. The lowest BCUT2D eigenvalue weighted by Gasteiger charge is -2.15. The van der Waals surface area contributed by atoms with E-state index in [1.54, 1.807) is 0 Å². The summed E-state index contributed by atoms with van der Waals surface area (Å²) in [5, 5.41) is 10.6. The van der Waals surface area contributed by atoms with E-state index in [2.05, 4.69) is 19.1 Å². The second-order valence-corrected chi connectivity index (χ2v) is 6.53. The minimum atomic E-state index is -0.193. The maximum Gasteiger partial charge on any atom is 0.217 e. The number of unbranched alkanes of at least 4 members (excludes halogenated alkanes) is 8. The molecule has 0 unspecified atom stereocenters. The number of hydrogen-bond acceptors (Lipinski definition) is 2. The Morgan fingerprint density at radius 2 is 1.71 bits per heavy atom. The lowest BCUT2D eigenvalue weighted by Crippen LogP contribution is -2.14. The Morgan fingerprint density at radius 1 is 1.00 bits per heavy atom. The summed E-state index contributed by atoms with van der Waals surface area (Å²) in [5.41, 5.74) is 5.11. The van der Waals surface area contributed by atoms with Crippen LogP contribution in [0.5, 0.6) is 0 Å². The highest BCUT2D eigenvalue weighted by molar-refractivity contribution is 5.73. The van der Waals surface area contributed by atoms with Crippen molar-refractivity contribution < 1.29 is 14.6 Å². The van der Waals surface area contributed by atoms with E-state index in [0.717, 1.165) is 32.1 Å². The molecule has 0 spiro atoms. The second kappa shape index (κ2) is 18.5. The molecule has 1 radical (unpaired) electrons. The molecule has 141 valence electrons. The van der Waals surface area contributed by atoms with Gasteiger partial charge in [0.25, 0.3) is 0 Å². The van der Waals surface area contributed by atoms with Gasteiger partial charge in [0.1, 0.15) is 6.61 Å². The van der Waals surface area contributed by atoms with Crippen molar-refractivity contribution in [3.63, 3.8) is 0 Å². The van der Waals surface area contributed by atoms with Crippen LogP contribution in [-0.4, -0.2) is 25.2 Å². The molecule has 0 heterocycles. The van der Waals surface area contributed by atoms with E-state index >= 15 is 0 Å². The van der Waals surface area contributed by atoms with Crippen molar-refractivity contribution in [2.45, 2.75) is 96.5 Å². The summed E-state index contributed by atoms with van der Waals surface area (Å²) in [4.78, 5) is 10.6. The monoisotopic (exact) mass is 340 g/mol. The molecule has 1 amide bonds. The summed E-state index contributed by atoms with van der Waals surface area (Å²) in [5.74, 6) is -0.193. The van der Waals surface area contributed by atoms with Crippen LogP contribution in [0.1, 0.15) is 90.4 Å². The highest BCUT2D eigenvalue weighted by atomic mass is 16.5. The SMILES string of the molecule is CCCCCC[C@H](C/C=C\CCCCCCCC(N)=O)OCC[O]. The molecule has 0 rings (SSSR count). The molecule has 4 nitrogen and oxygen atoms in total. The first-order valence-corrected chi connectivity index (χ1v) is 9.83. The normalized spacial score (nSPS) is 12.8. The van der Waals surface area contributed by atoms with Crippen molar-refractivity contribution in [1.29, 1.82) is 0 Å². The van der Waals surface area contributed by atoms with E-state index in [1.165, 1.54) is 44.9 Å². The van der Waals surface area contributed by atoms with Crippen LogP contribution >= 0.6 is 0 Å². The second-order valence-electron chi connectivity index (χ2n) is 6.53. The zero-order chi connectivity index (χ0) is 17.9. The Kier molecular flexibility index (Phi) is 17.8. The van der Waals surface area contributed by atoms with Gasteiger partial charge < -0.3 is 10.5 Å². The molecular weight excluding hydrogens is 302 g/mol. The number of primary amides is 1. The van der Waals surface area contributed by atoms with Gasteiger partial charge in [0, 0.05) is 6.42 Å². The Bertz CT molecular complexity index is 305. The lowest BCUT2D eigenvalue weighted by atomic mass is 10.1. The molecule has 0 aromatic heterocycles. The first kappa shape index (κ1) is 23.1. The van der Waals surface area contributed by atoms with Crippen LogP contribution in [0, 0.1) is 0 Å². The molecule has 4 heteroatoms. The summed E-state index contributed by atoms with van der Waals surface area (Å²) in [6.45, 7) is 2.40. The molecule has 0 bridgehead atoms. The summed E-state index contributed by atoms with van der Waals surface area (Å²) >= 11 is 0. The van der Waals surface area contributed by atoms with Gasteiger partial charge in [-0.05, 0) is 32.1 Å². The molecule has 0 aromatic carbocycles. The van der Waals surface area contributed by atoms with Crippen molar-refractivity contribution in [3.8, 4) is 0 Å². The highest BCUT2D eigenvalue weighted by Gasteiger charge is 2.06. The van der Waals surface area contributed by atoms with Crippen LogP contribution in [0.15, 0.2) is 12.2 Å². The Balaban J connectivity index is 3.63. The molecule has 0 aliphatic carbocycles. The van der Waals surface area contributed by atoms with Crippen LogP contribution < -0.4 is 5.73 Å². The smallest absolute Gasteiger partial charge is 0.217 e. The fraction of sp³-hybridized carbons (Fsp3) is 0.850. The van der Waals surface area contributed by atoms with Crippen molar-refractivity contribution in [3.05, 3.63) is 12.2 Å². The third-order valence-corrected chi connectivity index (χ3v) is 4.18. The van der Waals surface area contributed by atoms with Gasteiger partial charge in [0.15, 0.2) is 0 Å². The number of carbonyl (C=O) groups is 1. The van der Waals surface area contributed by atoms with Gasteiger partial charge in [0.2, 0.25) is 5.91 Å². The van der Waals surface area contributed by atoms with E-state index in [0.29, 0.717) is 13.0 Å². The standard InChI is InChI=1S/C20H38NO3/c1-2-3-4-11-14-19(24-18-17-22)15-12-9-7-5-6-8-10-13-16-20(21)23/h9,12,19H,2-8,10-11,13-18H2,1H3,(H2,21,23)/b12-9-/t19-/m1/s1. The summed E-state index contributed by atoms with van der Waals surface area (Å²) in [6.07, 6.45) is 18.8. The maximum atomic E-state index is 10.6. The molecule has 0 saturated carbocycles. The van der Waals surface area contributed by atoms with Gasteiger partial charge in [-0.25, -0.2) is 5.11 Å². The van der Waals surface area contributed by atoms with E-state index in [-0.39, 0.29) is 18.6 Å². The average molecular weight is 341 g/mol. The molecule has 1 atom stereocenters. The van der Waals surface area contributed by atoms with E-state index in [1.807, 2.05) is 0 Å². The van der Waals surface area contributed by atoms with E-state index in [9.17, 15) is 9.90 Å². The van der Waals surface area contributed by atoms with Crippen LogP contribution in [-0.2, 0) is 14.6 Å². The predicted octanol–water partition coefficient (Wildman–Crippen LogP) is 4.93. The first-order valence-electron chi connectivity index (χ1n) is 9.83. The van der Waals surface area contributed by atoms with E-state index < -0.39 is 0 Å². The topological polar surface area (TPSA) is 72.2 Å². The van der Waals surface area contributed by atoms with Gasteiger partial charge in [-0.2, -0.15) is 0 Å². The maximum absolute atomic E-state index is 10.6. The van der Waals surface area contributed by atoms with Gasteiger partial charge in [-0.1, -0.05) is 64.0 Å². The average Bonchev–Trinajstić information content (AvgIpc) is 2.57. The number of nitrogens with two attached hydrogens (primary N) is 1. The fourth-order valence-corrected chi connectivity index (χ4v) is 2.74.